The van der Waals surface area contributed by atoms with E-state index in [0.717, 1.165) is 13.1 Å². The van der Waals surface area contributed by atoms with Crippen molar-refractivity contribution in [1.82, 2.24) is 19.7 Å². The number of aromatic nitrogens is 3. The molecule has 1 saturated heterocycles. The number of carbonyl (C=O) groups is 1. The van der Waals surface area contributed by atoms with E-state index in [2.05, 4.69) is 24.0 Å². The van der Waals surface area contributed by atoms with Gasteiger partial charge in [0, 0.05) is 20.1 Å². The van der Waals surface area contributed by atoms with Gasteiger partial charge in [0.15, 0.2) is 11.0 Å². The predicted octanol–water partition coefficient (Wildman–Crippen LogP) is 3.22. The van der Waals surface area contributed by atoms with E-state index in [4.69, 9.17) is 0 Å². The quantitative estimate of drug-likeness (QED) is 0.784. The average Bonchev–Trinajstić information content (AvgIpc) is 2.93. The highest BCUT2D eigenvalue weighted by Gasteiger charge is 2.25. The summed E-state index contributed by atoms with van der Waals surface area (Å²) in [5.74, 6) is 1.66. The van der Waals surface area contributed by atoms with Crippen LogP contribution >= 0.6 is 11.8 Å². The highest BCUT2D eigenvalue weighted by Crippen LogP contribution is 2.26. The first kappa shape index (κ1) is 17.9. The maximum absolute atomic E-state index is 13.9. The lowest BCUT2D eigenvalue weighted by molar-refractivity contribution is -0.130. The second-order valence-corrected chi connectivity index (χ2v) is 7.82. The van der Waals surface area contributed by atoms with Gasteiger partial charge in [-0.3, -0.25) is 4.79 Å². The van der Waals surface area contributed by atoms with Crippen LogP contribution in [0.2, 0.25) is 0 Å². The van der Waals surface area contributed by atoms with E-state index in [1.165, 1.54) is 24.2 Å². The van der Waals surface area contributed by atoms with Crippen molar-refractivity contribution in [3.8, 4) is 11.4 Å². The maximum Gasteiger partial charge on any atom is 0.233 e. The number of piperidine rings is 1. The topological polar surface area (TPSA) is 51.0 Å². The maximum atomic E-state index is 13.9. The van der Waals surface area contributed by atoms with Crippen LogP contribution in [0.5, 0.6) is 0 Å². The van der Waals surface area contributed by atoms with Gasteiger partial charge in [-0.05, 0) is 30.4 Å². The van der Waals surface area contributed by atoms with Crippen molar-refractivity contribution in [1.29, 1.82) is 0 Å². The van der Waals surface area contributed by atoms with Gasteiger partial charge < -0.3 is 9.47 Å². The van der Waals surface area contributed by atoms with E-state index in [9.17, 15) is 9.18 Å². The Balaban J connectivity index is 1.66. The lowest BCUT2D eigenvalue weighted by Crippen LogP contribution is -2.43. The molecule has 3 rings (SSSR count). The minimum absolute atomic E-state index is 0.124. The Hall–Kier alpha value is -1.89. The van der Waals surface area contributed by atoms with E-state index < -0.39 is 0 Å². The van der Waals surface area contributed by atoms with E-state index >= 15 is 0 Å². The van der Waals surface area contributed by atoms with Crippen LogP contribution in [0.25, 0.3) is 11.4 Å². The third kappa shape index (κ3) is 4.03. The zero-order chi connectivity index (χ0) is 18.0. The summed E-state index contributed by atoms with van der Waals surface area (Å²) >= 11 is 1.35. The Bertz CT molecular complexity index is 753. The van der Waals surface area contributed by atoms with E-state index in [1.54, 1.807) is 29.8 Å². The summed E-state index contributed by atoms with van der Waals surface area (Å²) in [5.41, 5.74) is 0.411. The predicted molar refractivity (Wildman–Crippen MR) is 96.6 cm³/mol. The molecular weight excluding hydrogens is 339 g/mol. The number of halogens is 1. The van der Waals surface area contributed by atoms with Gasteiger partial charge in [-0.25, -0.2) is 4.39 Å². The molecule has 0 saturated carbocycles. The molecule has 0 aliphatic carbocycles. The SMILES string of the molecule is C[C@@H]1C[C@H](C)CN(C(=O)CSc2nnc(-c3ccccc3F)n2C)C1. The number of likely N-dealkylation sites (tertiary alicyclic amines) is 1. The molecule has 134 valence electrons. The minimum atomic E-state index is -0.332. The van der Waals surface area contributed by atoms with Crippen molar-refractivity contribution in [2.75, 3.05) is 18.8 Å². The lowest BCUT2D eigenvalue weighted by Gasteiger charge is -2.34. The van der Waals surface area contributed by atoms with Crippen LogP contribution < -0.4 is 0 Å². The van der Waals surface area contributed by atoms with E-state index in [1.807, 2.05) is 4.90 Å². The monoisotopic (exact) mass is 362 g/mol. The Morgan fingerprint density at radius 2 is 1.92 bits per heavy atom. The van der Waals surface area contributed by atoms with Crippen LogP contribution in [0.15, 0.2) is 29.4 Å². The summed E-state index contributed by atoms with van der Waals surface area (Å²) in [6, 6.07) is 6.49. The zero-order valence-electron chi connectivity index (χ0n) is 14.8. The third-order valence-corrected chi connectivity index (χ3v) is 5.50. The first-order valence-electron chi connectivity index (χ1n) is 8.50. The number of benzene rings is 1. The average molecular weight is 362 g/mol. The van der Waals surface area contributed by atoms with Gasteiger partial charge in [0.2, 0.25) is 5.91 Å². The van der Waals surface area contributed by atoms with Gasteiger partial charge in [0.1, 0.15) is 5.82 Å². The highest BCUT2D eigenvalue weighted by molar-refractivity contribution is 7.99. The minimum Gasteiger partial charge on any atom is -0.341 e. The molecule has 1 aromatic carbocycles. The largest absolute Gasteiger partial charge is 0.341 e. The van der Waals surface area contributed by atoms with Crippen molar-refractivity contribution in [3.63, 3.8) is 0 Å². The molecule has 0 bridgehead atoms. The molecule has 25 heavy (non-hydrogen) atoms. The van der Waals surface area contributed by atoms with Crippen molar-refractivity contribution in [2.45, 2.75) is 25.4 Å². The highest BCUT2D eigenvalue weighted by atomic mass is 32.2. The second-order valence-electron chi connectivity index (χ2n) is 6.88. The number of thioether (sulfide) groups is 1. The van der Waals surface area contributed by atoms with Gasteiger partial charge in [0.25, 0.3) is 0 Å². The van der Waals surface area contributed by atoms with Gasteiger partial charge >= 0.3 is 0 Å². The molecule has 1 amide bonds. The smallest absolute Gasteiger partial charge is 0.233 e. The summed E-state index contributed by atoms with van der Waals surface area (Å²) in [6.45, 7) is 6.02. The summed E-state index contributed by atoms with van der Waals surface area (Å²) in [4.78, 5) is 14.4. The van der Waals surface area contributed by atoms with Gasteiger partial charge in [-0.15, -0.1) is 10.2 Å². The number of carbonyl (C=O) groups excluding carboxylic acids is 1. The van der Waals surface area contributed by atoms with E-state index in [0.29, 0.717) is 34.1 Å². The third-order valence-electron chi connectivity index (χ3n) is 4.50. The van der Waals surface area contributed by atoms with Crippen LogP contribution in [-0.4, -0.2) is 44.4 Å². The fourth-order valence-electron chi connectivity index (χ4n) is 3.40. The van der Waals surface area contributed by atoms with Crippen LogP contribution in [0.4, 0.5) is 4.39 Å². The normalized spacial score (nSPS) is 20.7. The molecule has 1 aliphatic rings. The second kappa shape index (κ2) is 7.56. The van der Waals surface area contributed by atoms with Gasteiger partial charge in [0.05, 0.1) is 11.3 Å². The Kier molecular flexibility index (Phi) is 5.42. The molecule has 0 radical (unpaired) electrons. The Labute approximate surface area is 151 Å². The molecule has 1 fully saturated rings. The number of hydrogen-bond donors (Lipinski definition) is 0. The molecule has 2 atom stereocenters. The summed E-state index contributed by atoms with van der Waals surface area (Å²) in [7, 11) is 1.79. The van der Waals surface area contributed by atoms with Gasteiger partial charge in [-0.1, -0.05) is 37.7 Å². The molecule has 5 nitrogen and oxygen atoms in total. The van der Waals surface area contributed by atoms with Crippen LogP contribution in [0.1, 0.15) is 20.3 Å². The van der Waals surface area contributed by atoms with Crippen molar-refractivity contribution >= 4 is 17.7 Å². The molecule has 0 unspecified atom stereocenters. The van der Waals surface area contributed by atoms with Crippen molar-refractivity contribution in [3.05, 3.63) is 30.1 Å². The number of hydrogen-bond acceptors (Lipinski definition) is 4. The Morgan fingerprint density at radius 1 is 1.24 bits per heavy atom. The summed E-state index contributed by atoms with van der Waals surface area (Å²) in [6.07, 6.45) is 1.17. The van der Waals surface area contributed by atoms with Crippen LogP contribution in [-0.2, 0) is 11.8 Å². The first-order chi connectivity index (χ1) is 12.0. The molecular formula is C18H23FN4OS. The molecule has 0 N–H and O–H groups in total. The Morgan fingerprint density at radius 3 is 2.60 bits per heavy atom. The molecule has 1 aromatic heterocycles. The van der Waals surface area contributed by atoms with Crippen LogP contribution in [0, 0.1) is 17.7 Å². The molecule has 2 heterocycles. The zero-order valence-corrected chi connectivity index (χ0v) is 15.6. The molecule has 0 spiro atoms. The standard InChI is InChI=1S/C18H23FN4OS/c1-12-8-13(2)10-23(9-12)16(24)11-25-18-21-20-17(22(18)3)14-6-4-5-7-15(14)19/h4-7,12-13H,8-11H2,1-3H3/t12-,13+. The van der Waals surface area contributed by atoms with Crippen molar-refractivity contribution in [2.24, 2.45) is 18.9 Å². The summed E-state index contributed by atoms with van der Waals surface area (Å²) < 4.78 is 15.7. The first-order valence-corrected chi connectivity index (χ1v) is 9.49. The van der Waals surface area contributed by atoms with Crippen LogP contribution in [0.3, 0.4) is 0 Å². The lowest BCUT2D eigenvalue weighted by atomic mass is 9.92. The molecule has 2 aromatic rings. The number of rotatable bonds is 4. The fraction of sp³-hybridized carbons (Fsp3) is 0.500. The van der Waals surface area contributed by atoms with Crippen molar-refractivity contribution < 1.29 is 9.18 Å². The number of nitrogens with zero attached hydrogens (tertiary/aromatic N) is 4. The summed E-state index contributed by atoms with van der Waals surface area (Å²) in [5, 5.41) is 8.82. The van der Waals surface area contributed by atoms with Gasteiger partial charge in [-0.2, -0.15) is 0 Å². The fourth-order valence-corrected chi connectivity index (χ4v) is 4.22. The molecule has 1 aliphatic heterocycles. The molecule has 7 heteroatoms. The number of amides is 1. The van der Waals surface area contributed by atoms with E-state index in [-0.39, 0.29) is 11.7 Å².